The van der Waals surface area contributed by atoms with Gasteiger partial charge >= 0.3 is 6.18 Å². The molecule has 2 aromatic heterocycles. The number of pyridine rings is 1. The van der Waals surface area contributed by atoms with E-state index in [2.05, 4.69) is 15.0 Å². The molecule has 9 heteroatoms. The Morgan fingerprint density at radius 2 is 1.52 bits per heavy atom. The summed E-state index contributed by atoms with van der Waals surface area (Å²) in [6, 6.07) is 7.75. The number of halogens is 3. The highest BCUT2D eigenvalue weighted by atomic mass is 19.4. The first-order chi connectivity index (χ1) is 13.8. The van der Waals surface area contributed by atoms with Crippen LogP contribution in [0, 0.1) is 0 Å². The molecule has 0 radical (unpaired) electrons. The van der Waals surface area contributed by atoms with Crippen LogP contribution in [0.2, 0.25) is 0 Å². The van der Waals surface area contributed by atoms with E-state index in [1.165, 1.54) is 18.5 Å². The van der Waals surface area contributed by atoms with Crippen molar-refractivity contribution in [2.45, 2.75) is 19.1 Å². The molecule has 2 amide bonds. The quantitative estimate of drug-likeness (QED) is 0.625. The molecule has 1 aliphatic rings. The van der Waals surface area contributed by atoms with Gasteiger partial charge in [-0.25, -0.2) is 0 Å². The molecule has 0 bridgehead atoms. The van der Waals surface area contributed by atoms with Crippen molar-refractivity contribution in [1.82, 2.24) is 19.9 Å². The van der Waals surface area contributed by atoms with Crippen molar-refractivity contribution in [1.29, 1.82) is 0 Å². The summed E-state index contributed by atoms with van der Waals surface area (Å²) in [7, 11) is 0. The molecule has 1 unspecified atom stereocenters. The number of aromatic nitrogens is 3. The van der Waals surface area contributed by atoms with Crippen molar-refractivity contribution >= 4 is 11.8 Å². The Balaban J connectivity index is 1.73. The number of carbonyl (C=O) groups is 2. The van der Waals surface area contributed by atoms with Crippen LogP contribution in [0.15, 0.2) is 55.0 Å². The van der Waals surface area contributed by atoms with Crippen LogP contribution in [0.1, 0.15) is 44.9 Å². The smallest absolute Gasteiger partial charge is 0.269 e. The van der Waals surface area contributed by atoms with Gasteiger partial charge in [0, 0.05) is 18.6 Å². The van der Waals surface area contributed by atoms with Crippen LogP contribution in [-0.2, 0) is 6.18 Å². The largest absolute Gasteiger partial charge is 0.417 e. The van der Waals surface area contributed by atoms with Crippen molar-refractivity contribution < 1.29 is 22.8 Å². The van der Waals surface area contributed by atoms with Gasteiger partial charge in [-0.05, 0) is 31.2 Å². The summed E-state index contributed by atoms with van der Waals surface area (Å²) >= 11 is 0. The lowest BCUT2D eigenvalue weighted by molar-refractivity contribution is -0.137. The SMILES string of the molecule is CC(c1nccnc1-c1ccc(C(F)(F)F)cn1)N1C(=O)c2ccccc2C1=O. The predicted octanol–water partition coefficient (Wildman–Crippen LogP) is 3.91. The summed E-state index contributed by atoms with van der Waals surface area (Å²) in [5.41, 5.74) is 0.314. The van der Waals surface area contributed by atoms with Crippen molar-refractivity contribution in [3.63, 3.8) is 0 Å². The molecule has 146 valence electrons. The number of carbonyl (C=O) groups excluding carboxylic acids is 2. The molecular formula is C20H13F3N4O2. The zero-order valence-corrected chi connectivity index (χ0v) is 15.0. The maximum Gasteiger partial charge on any atom is 0.417 e. The highest BCUT2D eigenvalue weighted by Gasteiger charge is 2.40. The summed E-state index contributed by atoms with van der Waals surface area (Å²) < 4.78 is 38.4. The second-order valence-corrected chi connectivity index (χ2v) is 6.42. The predicted molar refractivity (Wildman–Crippen MR) is 95.6 cm³/mol. The van der Waals surface area contributed by atoms with Crippen LogP contribution in [-0.4, -0.2) is 31.7 Å². The normalized spacial score (nSPS) is 14.8. The number of imide groups is 1. The number of hydrogen-bond donors (Lipinski definition) is 0. The van der Waals surface area contributed by atoms with E-state index in [1.807, 2.05) is 0 Å². The third-order valence-corrected chi connectivity index (χ3v) is 4.67. The fourth-order valence-corrected chi connectivity index (χ4v) is 3.24. The number of benzene rings is 1. The zero-order chi connectivity index (χ0) is 20.8. The fraction of sp³-hybridized carbons (Fsp3) is 0.150. The molecule has 0 saturated carbocycles. The fourth-order valence-electron chi connectivity index (χ4n) is 3.24. The summed E-state index contributed by atoms with van der Waals surface area (Å²) in [5, 5.41) is 0. The highest BCUT2D eigenvalue weighted by Crippen LogP contribution is 2.34. The van der Waals surface area contributed by atoms with Gasteiger partial charge in [-0.2, -0.15) is 13.2 Å². The van der Waals surface area contributed by atoms with Crippen molar-refractivity contribution in [2.75, 3.05) is 0 Å². The average Bonchev–Trinajstić information content (AvgIpc) is 2.98. The molecular weight excluding hydrogens is 385 g/mol. The Kier molecular flexibility index (Phi) is 4.37. The van der Waals surface area contributed by atoms with Gasteiger partial charge in [-0.15, -0.1) is 0 Å². The summed E-state index contributed by atoms with van der Waals surface area (Å²) in [6.45, 7) is 1.61. The van der Waals surface area contributed by atoms with Crippen LogP contribution in [0.4, 0.5) is 13.2 Å². The standard InChI is InChI=1S/C20H13F3N4O2/c1-11(27-18(28)13-4-2-3-5-14(13)19(27)29)16-17(25-9-8-24-16)15-7-6-12(10-26-15)20(21,22)23/h2-11H,1H3. The third kappa shape index (κ3) is 3.14. The van der Waals surface area contributed by atoms with Gasteiger partial charge in [0.25, 0.3) is 11.8 Å². The Labute approximate surface area is 163 Å². The van der Waals surface area contributed by atoms with Gasteiger partial charge in [0.05, 0.1) is 34.1 Å². The van der Waals surface area contributed by atoms with Crippen molar-refractivity contribution in [3.8, 4) is 11.4 Å². The van der Waals surface area contributed by atoms with Crippen LogP contribution < -0.4 is 0 Å². The van der Waals surface area contributed by atoms with E-state index in [9.17, 15) is 22.8 Å². The Bertz CT molecular complexity index is 1080. The van der Waals surface area contributed by atoms with E-state index in [0.29, 0.717) is 17.3 Å². The van der Waals surface area contributed by atoms with Crippen LogP contribution in [0.3, 0.4) is 0 Å². The molecule has 0 N–H and O–H groups in total. The summed E-state index contributed by atoms with van der Waals surface area (Å²) in [6.07, 6.45) is -1.05. The number of alkyl halides is 3. The maximum atomic E-state index is 12.8. The minimum absolute atomic E-state index is 0.157. The van der Waals surface area contributed by atoms with Gasteiger partial charge < -0.3 is 0 Å². The molecule has 1 aromatic carbocycles. The van der Waals surface area contributed by atoms with Crippen LogP contribution >= 0.6 is 0 Å². The lowest BCUT2D eigenvalue weighted by Gasteiger charge is -2.23. The zero-order valence-electron chi connectivity index (χ0n) is 15.0. The molecule has 0 fully saturated rings. The third-order valence-electron chi connectivity index (χ3n) is 4.67. The van der Waals surface area contributed by atoms with Crippen molar-refractivity contribution in [3.05, 3.63) is 77.4 Å². The molecule has 1 aliphatic heterocycles. The van der Waals surface area contributed by atoms with E-state index in [4.69, 9.17) is 0 Å². The number of amides is 2. The lowest BCUT2D eigenvalue weighted by Crippen LogP contribution is -2.33. The van der Waals surface area contributed by atoms with Crippen LogP contribution in [0.25, 0.3) is 11.4 Å². The summed E-state index contributed by atoms with van der Waals surface area (Å²) in [4.78, 5) is 38.8. The number of rotatable bonds is 3. The Hall–Kier alpha value is -3.62. The monoisotopic (exact) mass is 398 g/mol. The first-order valence-corrected chi connectivity index (χ1v) is 8.60. The highest BCUT2D eigenvalue weighted by molar-refractivity contribution is 6.21. The number of fused-ring (bicyclic) bond motifs is 1. The van der Waals surface area contributed by atoms with Gasteiger partial charge in [0.2, 0.25) is 0 Å². The number of hydrogen-bond acceptors (Lipinski definition) is 5. The van der Waals surface area contributed by atoms with Gasteiger partial charge in [0.1, 0.15) is 5.69 Å². The molecule has 6 nitrogen and oxygen atoms in total. The first kappa shape index (κ1) is 18.7. The van der Waals surface area contributed by atoms with E-state index in [0.717, 1.165) is 11.0 Å². The molecule has 0 aliphatic carbocycles. The molecule has 29 heavy (non-hydrogen) atoms. The second-order valence-electron chi connectivity index (χ2n) is 6.42. The van der Waals surface area contributed by atoms with Gasteiger partial charge in [-0.1, -0.05) is 12.1 Å². The molecule has 0 saturated heterocycles. The van der Waals surface area contributed by atoms with E-state index >= 15 is 0 Å². The first-order valence-electron chi connectivity index (χ1n) is 8.60. The summed E-state index contributed by atoms with van der Waals surface area (Å²) in [5.74, 6) is -0.926. The molecule has 1 atom stereocenters. The Morgan fingerprint density at radius 3 is 2.07 bits per heavy atom. The van der Waals surface area contributed by atoms with Gasteiger partial charge in [0.15, 0.2) is 0 Å². The average molecular weight is 398 g/mol. The molecule has 3 aromatic rings. The molecule has 4 rings (SSSR count). The topological polar surface area (TPSA) is 76.1 Å². The lowest BCUT2D eigenvalue weighted by atomic mass is 10.1. The second kappa shape index (κ2) is 6.77. The molecule has 0 spiro atoms. The molecule has 3 heterocycles. The van der Waals surface area contributed by atoms with Crippen molar-refractivity contribution in [2.24, 2.45) is 0 Å². The maximum absolute atomic E-state index is 12.8. The van der Waals surface area contributed by atoms with Gasteiger partial charge in [-0.3, -0.25) is 29.4 Å². The van der Waals surface area contributed by atoms with E-state index in [1.54, 1.807) is 31.2 Å². The number of nitrogens with zero attached hydrogens (tertiary/aromatic N) is 4. The van der Waals surface area contributed by atoms with E-state index < -0.39 is 29.6 Å². The van der Waals surface area contributed by atoms with Crippen LogP contribution in [0.5, 0.6) is 0 Å². The Morgan fingerprint density at radius 1 is 0.897 bits per heavy atom. The van der Waals surface area contributed by atoms with E-state index in [-0.39, 0.29) is 17.1 Å². The minimum Gasteiger partial charge on any atom is -0.269 e. The minimum atomic E-state index is -4.51.